The summed E-state index contributed by atoms with van der Waals surface area (Å²) < 4.78 is 14.3. The molecule has 122 valence electrons. The van der Waals surface area contributed by atoms with Gasteiger partial charge in [0.2, 0.25) is 0 Å². The van der Waals surface area contributed by atoms with E-state index in [-0.39, 0.29) is 24.7 Å². The summed E-state index contributed by atoms with van der Waals surface area (Å²) in [6, 6.07) is 4.63. The Morgan fingerprint density at radius 3 is 2.65 bits per heavy atom. The van der Waals surface area contributed by atoms with E-state index in [2.05, 4.69) is 5.32 Å². The van der Waals surface area contributed by atoms with E-state index in [0.29, 0.717) is 11.4 Å². The van der Waals surface area contributed by atoms with E-state index in [1.54, 1.807) is 12.1 Å². The molecule has 1 aromatic rings. The van der Waals surface area contributed by atoms with E-state index < -0.39 is 11.8 Å². The number of nitrogens with one attached hydrogen (secondary N) is 1. The Hall–Kier alpha value is -2.41. The molecule has 2 aliphatic heterocycles. The predicted octanol–water partition coefficient (Wildman–Crippen LogP) is 1.08. The number of para-hydroxylation sites is 1. The minimum Gasteiger partial charge on any atom is -0.395 e. The number of halogens is 1. The van der Waals surface area contributed by atoms with Gasteiger partial charge in [0.1, 0.15) is 11.5 Å². The molecule has 0 spiro atoms. The standard InChI is InChI=1S/C16H18FN3O3/c17-11-4-3-5-12(15(11)19-6-1-2-7-19)18-13-10-14(22)20(8-9-21)16(13)23/h3-5,10,18,21H,1-2,6-9H2. The summed E-state index contributed by atoms with van der Waals surface area (Å²) >= 11 is 0. The summed E-state index contributed by atoms with van der Waals surface area (Å²) in [6.45, 7) is 1.18. The second-order valence-corrected chi connectivity index (χ2v) is 5.53. The Morgan fingerprint density at radius 2 is 1.96 bits per heavy atom. The highest BCUT2D eigenvalue weighted by atomic mass is 19.1. The van der Waals surface area contributed by atoms with Gasteiger partial charge >= 0.3 is 0 Å². The van der Waals surface area contributed by atoms with E-state index in [1.807, 2.05) is 4.90 Å². The Morgan fingerprint density at radius 1 is 1.22 bits per heavy atom. The molecule has 0 aromatic heterocycles. The molecule has 1 aromatic carbocycles. The normalized spacial score (nSPS) is 17.9. The molecule has 2 heterocycles. The van der Waals surface area contributed by atoms with Crippen LogP contribution in [-0.4, -0.2) is 48.1 Å². The van der Waals surface area contributed by atoms with Gasteiger partial charge in [-0.2, -0.15) is 0 Å². The molecule has 0 saturated carbocycles. The maximum atomic E-state index is 14.3. The molecule has 2 N–H and O–H groups in total. The van der Waals surface area contributed by atoms with Crippen LogP contribution < -0.4 is 10.2 Å². The van der Waals surface area contributed by atoms with Crippen LogP contribution in [0.2, 0.25) is 0 Å². The molecule has 0 unspecified atom stereocenters. The number of anilines is 2. The third kappa shape index (κ3) is 2.92. The maximum absolute atomic E-state index is 14.3. The minimum absolute atomic E-state index is 0.0541. The minimum atomic E-state index is -0.513. The molecule has 1 saturated heterocycles. The molecule has 0 radical (unpaired) electrons. The lowest BCUT2D eigenvalue weighted by atomic mass is 10.2. The Balaban J connectivity index is 1.86. The SMILES string of the molecule is O=C1C=C(Nc2cccc(F)c2N2CCCC2)C(=O)N1CCO. The van der Waals surface area contributed by atoms with Gasteiger partial charge in [-0.1, -0.05) is 6.07 Å². The zero-order valence-electron chi connectivity index (χ0n) is 12.6. The van der Waals surface area contributed by atoms with Crippen molar-refractivity contribution in [3.63, 3.8) is 0 Å². The summed E-state index contributed by atoms with van der Waals surface area (Å²) in [5.41, 5.74) is 0.978. The monoisotopic (exact) mass is 319 g/mol. The molecule has 0 atom stereocenters. The van der Waals surface area contributed by atoms with Crippen LogP contribution in [0.5, 0.6) is 0 Å². The number of hydrogen-bond acceptors (Lipinski definition) is 5. The third-order valence-corrected chi connectivity index (χ3v) is 4.01. The van der Waals surface area contributed by atoms with Crippen molar-refractivity contribution in [2.45, 2.75) is 12.8 Å². The number of aliphatic hydroxyl groups is 1. The first-order valence-corrected chi connectivity index (χ1v) is 7.60. The fourth-order valence-electron chi connectivity index (χ4n) is 2.93. The van der Waals surface area contributed by atoms with Crippen molar-refractivity contribution in [3.05, 3.63) is 35.8 Å². The average Bonchev–Trinajstić information content (AvgIpc) is 3.12. The molecule has 3 rings (SSSR count). The van der Waals surface area contributed by atoms with Gasteiger partial charge in [0, 0.05) is 19.2 Å². The van der Waals surface area contributed by atoms with Crippen LogP contribution in [-0.2, 0) is 9.59 Å². The number of carbonyl (C=O) groups is 2. The van der Waals surface area contributed by atoms with Crippen LogP contribution in [0.1, 0.15) is 12.8 Å². The van der Waals surface area contributed by atoms with Crippen molar-refractivity contribution in [3.8, 4) is 0 Å². The van der Waals surface area contributed by atoms with Gasteiger partial charge in [-0.3, -0.25) is 14.5 Å². The van der Waals surface area contributed by atoms with Crippen LogP contribution in [0.3, 0.4) is 0 Å². The van der Waals surface area contributed by atoms with Crippen LogP contribution in [0.4, 0.5) is 15.8 Å². The van der Waals surface area contributed by atoms with Crippen molar-refractivity contribution in [2.24, 2.45) is 0 Å². The molecule has 1 fully saturated rings. The van der Waals surface area contributed by atoms with Crippen molar-refractivity contribution in [1.82, 2.24) is 4.90 Å². The van der Waals surface area contributed by atoms with E-state index in [9.17, 15) is 14.0 Å². The van der Waals surface area contributed by atoms with Crippen molar-refractivity contribution < 1.29 is 19.1 Å². The number of β-amino-alcohol motifs (C(OH)–C–C–N with tert-alkyl or cyclic N) is 1. The molecule has 7 heteroatoms. The Labute approximate surface area is 133 Å². The predicted molar refractivity (Wildman–Crippen MR) is 83.4 cm³/mol. The largest absolute Gasteiger partial charge is 0.395 e. The van der Waals surface area contributed by atoms with E-state index >= 15 is 0 Å². The fraction of sp³-hybridized carbons (Fsp3) is 0.375. The topological polar surface area (TPSA) is 72.9 Å². The highest BCUT2D eigenvalue weighted by Gasteiger charge is 2.31. The number of benzene rings is 1. The highest BCUT2D eigenvalue weighted by molar-refractivity contribution is 6.17. The quantitative estimate of drug-likeness (QED) is 0.795. The van der Waals surface area contributed by atoms with Gasteiger partial charge in [-0.05, 0) is 25.0 Å². The van der Waals surface area contributed by atoms with Gasteiger partial charge in [-0.25, -0.2) is 4.39 Å². The van der Waals surface area contributed by atoms with E-state index in [4.69, 9.17) is 5.11 Å². The first-order chi connectivity index (χ1) is 11.1. The third-order valence-electron chi connectivity index (χ3n) is 4.01. The van der Waals surface area contributed by atoms with Crippen LogP contribution in [0.15, 0.2) is 30.0 Å². The number of nitrogens with zero attached hydrogens (tertiary/aromatic N) is 2. The smallest absolute Gasteiger partial charge is 0.277 e. The van der Waals surface area contributed by atoms with Crippen LogP contribution in [0, 0.1) is 5.82 Å². The maximum Gasteiger partial charge on any atom is 0.277 e. The van der Waals surface area contributed by atoms with Gasteiger partial charge in [0.25, 0.3) is 11.8 Å². The number of carbonyl (C=O) groups excluding carboxylic acids is 2. The lowest BCUT2D eigenvalue weighted by molar-refractivity contribution is -0.137. The molecule has 0 bridgehead atoms. The van der Waals surface area contributed by atoms with Crippen molar-refractivity contribution in [1.29, 1.82) is 0 Å². The summed E-state index contributed by atoms with van der Waals surface area (Å²) in [6.07, 6.45) is 3.17. The molecule has 23 heavy (non-hydrogen) atoms. The van der Waals surface area contributed by atoms with Gasteiger partial charge in [0.15, 0.2) is 0 Å². The van der Waals surface area contributed by atoms with Crippen LogP contribution in [0.25, 0.3) is 0 Å². The lowest BCUT2D eigenvalue weighted by Crippen LogP contribution is -2.34. The summed E-state index contributed by atoms with van der Waals surface area (Å²) in [5, 5.41) is 11.8. The van der Waals surface area contributed by atoms with E-state index in [1.165, 1.54) is 12.1 Å². The second kappa shape index (κ2) is 6.37. The van der Waals surface area contributed by atoms with Crippen molar-refractivity contribution >= 4 is 23.2 Å². The average molecular weight is 319 g/mol. The molecule has 2 amide bonds. The number of imide groups is 1. The Kier molecular flexibility index (Phi) is 4.29. The van der Waals surface area contributed by atoms with Gasteiger partial charge in [0.05, 0.1) is 24.5 Å². The summed E-state index contributed by atoms with van der Waals surface area (Å²) in [4.78, 5) is 26.9. The number of hydrogen-bond donors (Lipinski definition) is 2. The van der Waals surface area contributed by atoms with E-state index in [0.717, 1.165) is 30.8 Å². The van der Waals surface area contributed by atoms with Gasteiger partial charge in [-0.15, -0.1) is 0 Å². The van der Waals surface area contributed by atoms with Crippen LogP contribution >= 0.6 is 0 Å². The first kappa shape index (κ1) is 15.5. The summed E-state index contributed by atoms with van der Waals surface area (Å²) in [5.74, 6) is -1.35. The first-order valence-electron chi connectivity index (χ1n) is 7.60. The lowest BCUT2D eigenvalue weighted by Gasteiger charge is -2.23. The zero-order valence-corrected chi connectivity index (χ0v) is 12.6. The molecule has 2 aliphatic rings. The molecule has 0 aliphatic carbocycles. The number of amides is 2. The molecular formula is C16H18FN3O3. The second-order valence-electron chi connectivity index (χ2n) is 5.53. The summed E-state index contributed by atoms with van der Waals surface area (Å²) in [7, 11) is 0. The zero-order chi connectivity index (χ0) is 16.4. The molecule has 6 nitrogen and oxygen atoms in total. The number of rotatable bonds is 5. The highest BCUT2D eigenvalue weighted by Crippen LogP contribution is 2.33. The van der Waals surface area contributed by atoms with Crippen molar-refractivity contribution in [2.75, 3.05) is 36.5 Å². The van der Waals surface area contributed by atoms with Gasteiger partial charge < -0.3 is 15.3 Å². The fourth-order valence-corrected chi connectivity index (χ4v) is 2.93. The number of aliphatic hydroxyl groups excluding tert-OH is 1. The molecular weight excluding hydrogens is 301 g/mol. The Bertz CT molecular complexity index is 669.